The molecule has 0 saturated carbocycles. The van der Waals surface area contributed by atoms with Gasteiger partial charge in [0, 0.05) is 36.4 Å². The van der Waals surface area contributed by atoms with Crippen molar-refractivity contribution in [3.63, 3.8) is 0 Å². The van der Waals surface area contributed by atoms with Crippen LogP contribution in [-0.2, 0) is 4.79 Å². The van der Waals surface area contributed by atoms with Gasteiger partial charge >= 0.3 is 0 Å². The maximum absolute atomic E-state index is 12.8. The van der Waals surface area contributed by atoms with Gasteiger partial charge in [-0.2, -0.15) is 0 Å². The summed E-state index contributed by atoms with van der Waals surface area (Å²) in [5.41, 5.74) is 1.69. The molecule has 0 atom stereocenters. The summed E-state index contributed by atoms with van der Waals surface area (Å²) in [5.74, 6) is 2.29. The van der Waals surface area contributed by atoms with Crippen LogP contribution in [0.5, 0.6) is 17.4 Å². The van der Waals surface area contributed by atoms with E-state index in [2.05, 4.69) is 20.2 Å². The molecule has 3 aromatic rings. The molecule has 1 fully saturated rings. The number of benzene rings is 2. The zero-order valence-corrected chi connectivity index (χ0v) is 18.8. The number of aromatic nitrogens is 2. The first kappa shape index (κ1) is 21.9. The summed E-state index contributed by atoms with van der Waals surface area (Å²) in [5, 5.41) is 3.50. The van der Waals surface area contributed by atoms with Crippen LogP contribution in [0.1, 0.15) is 18.4 Å². The van der Waals surface area contributed by atoms with Crippen molar-refractivity contribution in [1.29, 1.82) is 0 Å². The Hall–Kier alpha value is -3.32. The monoisotopic (exact) mass is 452 g/mol. The summed E-state index contributed by atoms with van der Waals surface area (Å²) in [7, 11) is 1.56. The Labute approximate surface area is 192 Å². The molecular weight excluding hydrogens is 428 g/mol. The minimum Gasteiger partial charge on any atom is -0.495 e. The highest BCUT2D eigenvalue weighted by molar-refractivity contribution is 6.31. The first-order chi connectivity index (χ1) is 15.5. The van der Waals surface area contributed by atoms with Crippen molar-refractivity contribution in [2.45, 2.75) is 19.8 Å². The molecule has 0 bridgehead atoms. The number of amides is 1. The summed E-state index contributed by atoms with van der Waals surface area (Å²) in [4.78, 5) is 23.8. The van der Waals surface area contributed by atoms with Crippen molar-refractivity contribution in [2.75, 3.05) is 30.4 Å². The summed E-state index contributed by atoms with van der Waals surface area (Å²) in [6.07, 6.45) is 4.65. The molecular formula is C24H25ClN4O3. The van der Waals surface area contributed by atoms with Crippen molar-refractivity contribution in [3.8, 4) is 17.4 Å². The van der Waals surface area contributed by atoms with Gasteiger partial charge in [-0.3, -0.25) is 4.79 Å². The third-order valence-electron chi connectivity index (χ3n) is 5.44. The number of aryl methyl sites for hydroxylation is 1. The largest absolute Gasteiger partial charge is 0.495 e. The lowest BCUT2D eigenvalue weighted by Gasteiger charge is -2.32. The summed E-state index contributed by atoms with van der Waals surface area (Å²) < 4.78 is 11.3. The van der Waals surface area contributed by atoms with Crippen molar-refractivity contribution in [2.24, 2.45) is 5.92 Å². The van der Waals surface area contributed by atoms with Gasteiger partial charge in [-0.05, 0) is 55.7 Å². The lowest BCUT2D eigenvalue weighted by Crippen LogP contribution is -2.38. The van der Waals surface area contributed by atoms with Gasteiger partial charge in [0.2, 0.25) is 5.91 Å². The molecule has 8 heteroatoms. The van der Waals surface area contributed by atoms with Gasteiger partial charge in [0.25, 0.3) is 5.88 Å². The average molecular weight is 453 g/mol. The van der Waals surface area contributed by atoms with Crippen molar-refractivity contribution < 1.29 is 14.3 Å². The number of ether oxygens (including phenoxy) is 2. The zero-order chi connectivity index (χ0) is 22.5. The molecule has 166 valence electrons. The number of hydrogen-bond acceptors (Lipinski definition) is 6. The topological polar surface area (TPSA) is 76.6 Å². The Morgan fingerprint density at radius 3 is 2.66 bits per heavy atom. The van der Waals surface area contributed by atoms with Crippen molar-refractivity contribution in [3.05, 3.63) is 65.4 Å². The molecule has 4 rings (SSSR count). The van der Waals surface area contributed by atoms with Gasteiger partial charge in [-0.1, -0.05) is 23.7 Å². The lowest BCUT2D eigenvalue weighted by molar-refractivity contribution is -0.120. The van der Waals surface area contributed by atoms with E-state index in [1.165, 1.54) is 0 Å². The van der Waals surface area contributed by atoms with Crippen LogP contribution in [0.25, 0.3) is 0 Å². The number of anilines is 2. The van der Waals surface area contributed by atoms with Crippen LogP contribution >= 0.6 is 11.6 Å². The lowest BCUT2D eigenvalue weighted by atomic mass is 9.95. The van der Waals surface area contributed by atoms with E-state index in [1.54, 1.807) is 37.7 Å². The SMILES string of the molecule is COc1ccc(Cl)cc1NC(=O)C1CCN(c2nccnc2Oc2cccc(C)c2)CC1. The van der Waals surface area contributed by atoms with Crippen molar-refractivity contribution in [1.82, 2.24) is 9.97 Å². The standard InChI is InChI=1S/C24H25ClN4O3/c1-16-4-3-5-19(14-16)32-24-22(26-10-11-27-24)29-12-8-17(9-13-29)23(30)28-20-15-18(25)6-7-21(20)31-2/h3-7,10-11,14-15,17H,8-9,12-13H2,1-2H3,(H,28,30). The minimum atomic E-state index is -0.118. The zero-order valence-electron chi connectivity index (χ0n) is 18.0. The Kier molecular flexibility index (Phi) is 6.75. The van der Waals surface area contributed by atoms with Crippen LogP contribution in [0.15, 0.2) is 54.9 Å². The highest BCUT2D eigenvalue weighted by Crippen LogP contribution is 2.32. The highest BCUT2D eigenvalue weighted by atomic mass is 35.5. The van der Waals surface area contributed by atoms with Gasteiger partial charge < -0.3 is 19.7 Å². The molecule has 1 aliphatic rings. The predicted molar refractivity (Wildman–Crippen MR) is 125 cm³/mol. The number of nitrogens with one attached hydrogen (secondary N) is 1. The van der Waals surface area contributed by atoms with Crippen LogP contribution in [0.4, 0.5) is 11.5 Å². The molecule has 7 nitrogen and oxygen atoms in total. The first-order valence-corrected chi connectivity index (χ1v) is 10.9. The van der Waals surface area contributed by atoms with E-state index >= 15 is 0 Å². The second-order valence-electron chi connectivity index (χ2n) is 7.70. The number of methoxy groups -OCH3 is 1. The van der Waals surface area contributed by atoms with Gasteiger partial charge in [0.05, 0.1) is 12.8 Å². The van der Waals surface area contributed by atoms with Crippen LogP contribution in [0, 0.1) is 12.8 Å². The van der Waals surface area contributed by atoms with E-state index in [0.717, 1.165) is 11.3 Å². The summed E-state index contributed by atoms with van der Waals surface area (Å²) >= 11 is 6.07. The number of rotatable bonds is 6. The van der Waals surface area contributed by atoms with Gasteiger partial charge in [-0.15, -0.1) is 0 Å². The number of nitrogens with zero attached hydrogens (tertiary/aromatic N) is 3. The molecule has 0 unspecified atom stereocenters. The van der Waals surface area contributed by atoms with E-state index < -0.39 is 0 Å². The van der Waals surface area contributed by atoms with Gasteiger partial charge in [-0.25, -0.2) is 9.97 Å². The predicted octanol–water partition coefficient (Wildman–Crippen LogP) is 5.09. The van der Waals surface area contributed by atoms with E-state index in [4.69, 9.17) is 21.1 Å². The minimum absolute atomic E-state index is 0.0411. The molecule has 1 N–H and O–H groups in total. The van der Waals surface area contributed by atoms with Crippen molar-refractivity contribution >= 4 is 29.0 Å². The maximum atomic E-state index is 12.8. The van der Waals surface area contributed by atoms with E-state index in [-0.39, 0.29) is 11.8 Å². The number of halogens is 1. The van der Waals surface area contributed by atoms with E-state index in [0.29, 0.717) is 54.1 Å². The van der Waals surface area contributed by atoms with Crippen LogP contribution in [0.2, 0.25) is 5.02 Å². The Morgan fingerprint density at radius 2 is 1.91 bits per heavy atom. The van der Waals surface area contributed by atoms with E-state index in [1.807, 2.05) is 31.2 Å². The number of hydrogen-bond donors (Lipinski definition) is 1. The summed E-state index contributed by atoms with van der Waals surface area (Å²) in [6, 6.07) is 13.0. The number of carbonyl (C=O) groups excluding carboxylic acids is 1. The summed E-state index contributed by atoms with van der Waals surface area (Å²) in [6.45, 7) is 3.36. The fourth-order valence-electron chi connectivity index (χ4n) is 3.76. The molecule has 1 aliphatic heterocycles. The fourth-order valence-corrected chi connectivity index (χ4v) is 3.94. The van der Waals surface area contributed by atoms with Crippen LogP contribution in [-0.4, -0.2) is 36.1 Å². The molecule has 0 radical (unpaired) electrons. The number of carbonyl (C=O) groups is 1. The third-order valence-corrected chi connectivity index (χ3v) is 5.67. The molecule has 1 aromatic heterocycles. The van der Waals surface area contributed by atoms with Crippen LogP contribution < -0.4 is 19.7 Å². The molecule has 2 aromatic carbocycles. The molecule has 2 heterocycles. The third kappa shape index (κ3) is 5.11. The molecule has 0 spiro atoms. The molecule has 1 amide bonds. The Bertz CT molecular complexity index is 1100. The smallest absolute Gasteiger partial charge is 0.263 e. The quantitative estimate of drug-likeness (QED) is 0.561. The first-order valence-electron chi connectivity index (χ1n) is 10.5. The molecule has 0 aliphatic carbocycles. The highest BCUT2D eigenvalue weighted by Gasteiger charge is 2.28. The average Bonchev–Trinajstić information content (AvgIpc) is 2.80. The molecule has 1 saturated heterocycles. The second-order valence-corrected chi connectivity index (χ2v) is 8.14. The second kappa shape index (κ2) is 9.87. The Balaban J connectivity index is 1.41. The van der Waals surface area contributed by atoms with Gasteiger partial charge in [0.1, 0.15) is 11.5 Å². The number of piperidine rings is 1. The Morgan fingerprint density at radius 1 is 1.12 bits per heavy atom. The maximum Gasteiger partial charge on any atom is 0.263 e. The fraction of sp³-hybridized carbons (Fsp3) is 0.292. The normalized spacial score (nSPS) is 14.2. The molecule has 32 heavy (non-hydrogen) atoms. The van der Waals surface area contributed by atoms with Gasteiger partial charge in [0.15, 0.2) is 5.82 Å². The van der Waals surface area contributed by atoms with E-state index in [9.17, 15) is 4.79 Å². The van der Waals surface area contributed by atoms with Crippen LogP contribution in [0.3, 0.4) is 0 Å².